The standard InChI is InChI=1S/C12H19FN4O3S/c1-4-14-11-10(7-9(13)8-16-11)12(18)15-5-6-21(19,20)17(2)3/h7-8H,4-6H2,1-3H3,(H,14,16)(H,15,18). The Bertz CT molecular complexity index is 605. The van der Waals surface area contributed by atoms with Gasteiger partial charge in [0.2, 0.25) is 10.0 Å². The molecule has 0 saturated heterocycles. The van der Waals surface area contributed by atoms with Crippen molar-refractivity contribution in [2.45, 2.75) is 6.92 Å². The van der Waals surface area contributed by atoms with Crippen molar-refractivity contribution in [3.05, 3.63) is 23.6 Å². The molecule has 1 aromatic rings. The fraction of sp³-hybridized carbons (Fsp3) is 0.500. The Hall–Kier alpha value is -1.74. The van der Waals surface area contributed by atoms with Crippen LogP contribution >= 0.6 is 0 Å². The summed E-state index contributed by atoms with van der Waals surface area (Å²) in [5, 5.41) is 5.29. The highest BCUT2D eigenvalue weighted by atomic mass is 32.2. The predicted molar refractivity (Wildman–Crippen MR) is 78.2 cm³/mol. The van der Waals surface area contributed by atoms with Gasteiger partial charge in [-0.2, -0.15) is 0 Å². The van der Waals surface area contributed by atoms with Crippen LogP contribution in [0, 0.1) is 5.82 Å². The number of nitrogens with zero attached hydrogens (tertiary/aromatic N) is 2. The lowest BCUT2D eigenvalue weighted by atomic mass is 10.2. The van der Waals surface area contributed by atoms with Gasteiger partial charge in [0.25, 0.3) is 5.91 Å². The van der Waals surface area contributed by atoms with Crippen molar-refractivity contribution in [2.75, 3.05) is 38.3 Å². The number of hydrogen-bond donors (Lipinski definition) is 2. The largest absolute Gasteiger partial charge is 0.370 e. The maximum Gasteiger partial charge on any atom is 0.255 e. The Morgan fingerprint density at radius 2 is 2.10 bits per heavy atom. The highest BCUT2D eigenvalue weighted by molar-refractivity contribution is 7.89. The molecule has 118 valence electrons. The van der Waals surface area contributed by atoms with Crippen LogP contribution in [-0.4, -0.2) is 56.6 Å². The minimum Gasteiger partial charge on any atom is -0.370 e. The zero-order chi connectivity index (χ0) is 16.0. The number of carbonyl (C=O) groups is 1. The van der Waals surface area contributed by atoms with Gasteiger partial charge in [0.15, 0.2) is 0 Å². The van der Waals surface area contributed by atoms with E-state index in [1.54, 1.807) is 0 Å². The molecule has 1 rings (SSSR count). The van der Waals surface area contributed by atoms with E-state index in [1.807, 2.05) is 6.92 Å². The van der Waals surface area contributed by atoms with Crippen LogP contribution in [0.1, 0.15) is 17.3 Å². The van der Waals surface area contributed by atoms with Crippen LogP contribution < -0.4 is 10.6 Å². The normalized spacial score (nSPS) is 11.5. The van der Waals surface area contributed by atoms with Crippen LogP contribution in [0.25, 0.3) is 0 Å². The van der Waals surface area contributed by atoms with Crippen LogP contribution in [0.3, 0.4) is 0 Å². The number of carbonyl (C=O) groups excluding carboxylic acids is 1. The van der Waals surface area contributed by atoms with Crippen molar-refractivity contribution in [1.82, 2.24) is 14.6 Å². The zero-order valence-electron chi connectivity index (χ0n) is 12.2. The number of anilines is 1. The lowest BCUT2D eigenvalue weighted by molar-refractivity contribution is 0.0956. The van der Waals surface area contributed by atoms with Gasteiger partial charge in [0.05, 0.1) is 17.5 Å². The van der Waals surface area contributed by atoms with E-state index in [4.69, 9.17) is 0 Å². The molecule has 0 bridgehead atoms. The number of rotatable bonds is 7. The molecule has 0 aliphatic rings. The summed E-state index contributed by atoms with van der Waals surface area (Å²) in [5.74, 6) is -1.19. The molecule has 0 atom stereocenters. The minimum atomic E-state index is -3.39. The van der Waals surface area contributed by atoms with E-state index in [1.165, 1.54) is 14.1 Å². The van der Waals surface area contributed by atoms with Gasteiger partial charge in [-0.15, -0.1) is 0 Å². The van der Waals surface area contributed by atoms with Crippen molar-refractivity contribution in [3.8, 4) is 0 Å². The molecule has 9 heteroatoms. The molecule has 0 fully saturated rings. The SMILES string of the molecule is CCNc1ncc(F)cc1C(=O)NCCS(=O)(=O)N(C)C. The Morgan fingerprint density at radius 3 is 2.67 bits per heavy atom. The van der Waals surface area contributed by atoms with Crippen molar-refractivity contribution in [1.29, 1.82) is 0 Å². The van der Waals surface area contributed by atoms with Crippen molar-refractivity contribution < 1.29 is 17.6 Å². The highest BCUT2D eigenvalue weighted by Gasteiger charge is 2.16. The van der Waals surface area contributed by atoms with Gasteiger partial charge in [-0.1, -0.05) is 0 Å². The molecule has 0 spiro atoms. The summed E-state index contributed by atoms with van der Waals surface area (Å²) in [7, 11) is -0.564. The quantitative estimate of drug-likeness (QED) is 0.753. The number of amides is 1. The van der Waals surface area contributed by atoms with E-state index in [0.717, 1.165) is 16.6 Å². The summed E-state index contributed by atoms with van der Waals surface area (Å²) in [6.45, 7) is 2.27. The molecule has 1 aromatic heterocycles. The lowest BCUT2D eigenvalue weighted by Crippen LogP contribution is -2.34. The second kappa shape index (κ2) is 7.32. The Balaban J connectivity index is 2.74. The smallest absolute Gasteiger partial charge is 0.255 e. The third kappa shape index (κ3) is 4.94. The molecule has 0 aromatic carbocycles. The average Bonchev–Trinajstić information content (AvgIpc) is 2.40. The topological polar surface area (TPSA) is 91.4 Å². The van der Waals surface area contributed by atoms with Gasteiger partial charge < -0.3 is 10.6 Å². The molecule has 0 aliphatic carbocycles. The van der Waals surface area contributed by atoms with Crippen LogP contribution in [-0.2, 0) is 10.0 Å². The zero-order valence-corrected chi connectivity index (χ0v) is 13.0. The molecule has 0 unspecified atom stereocenters. The van der Waals surface area contributed by atoms with Gasteiger partial charge >= 0.3 is 0 Å². The molecular weight excluding hydrogens is 299 g/mol. The predicted octanol–water partition coefficient (Wildman–Crippen LogP) is 0.274. The Labute approximate surface area is 123 Å². The Kier molecular flexibility index (Phi) is 6.03. The molecule has 0 radical (unpaired) electrons. The molecule has 1 heterocycles. The van der Waals surface area contributed by atoms with Gasteiger partial charge in [-0.05, 0) is 13.0 Å². The van der Waals surface area contributed by atoms with Crippen molar-refractivity contribution >= 4 is 21.7 Å². The number of halogens is 1. The van der Waals surface area contributed by atoms with Gasteiger partial charge in [-0.25, -0.2) is 22.1 Å². The molecule has 1 amide bonds. The monoisotopic (exact) mass is 318 g/mol. The fourth-order valence-electron chi connectivity index (χ4n) is 1.49. The van der Waals surface area contributed by atoms with E-state index in [0.29, 0.717) is 6.54 Å². The van der Waals surface area contributed by atoms with E-state index in [2.05, 4.69) is 15.6 Å². The minimum absolute atomic E-state index is 0.0408. The molecule has 21 heavy (non-hydrogen) atoms. The molecule has 0 saturated carbocycles. The summed E-state index contributed by atoms with van der Waals surface area (Å²) in [5.41, 5.74) is 0.0408. The maximum atomic E-state index is 13.2. The van der Waals surface area contributed by atoms with Gasteiger partial charge in [0.1, 0.15) is 11.6 Å². The second-order valence-electron chi connectivity index (χ2n) is 4.43. The van der Waals surface area contributed by atoms with E-state index >= 15 is 0 Å². The summed E-state index contributed by atoms with van der Waals surface area (Å²) in [6, 6.07) is 1.06. The number of hydrogen-bond acceptors (Lipinski definition) is 5. The van der Waals surface area contributed by atoms with Crippen molar-refractivity contribution in [3.63, 3.8) is 0 Å². The summed E-state index contributed by atoms with van der Waals surface area (Å²) >= 11 is 0. The van der Waals surface area contributed by atoms with E-state index < -0.39 is 21.7 Å². The summed E-state index contributed by atoms with van der Waals surface area (Å²) < 4.78 is 37.4. The number of pyridine rings is 1. The first kappa shape index (κ1) is 17.3. The molecule has 2 N–H and O–H groups in total. The van der Waals surface area contributed by atoms with Gasteiger partial charge in [-0.3, -0.25) is 4.79 Å². The summed E-state index contributed by atoms with van der Waals surface area (Å²) in [4.78, 5) is 15.8. The van der Waals surface area contributed by atoms with E-state index in [9.17, 15) is 17.6 Å². The first-order valence-electron chi connectivity index (χ1n) is 6.35. The number of nitrogens with one attached hydrogen (secondary N) is 2. The molecule has 0 aliphatic heterocycles. The highest BCUT2D eigenvalue weighted by Crippen LogP contribution is 2.13. The third-order valence-electron chi connectivity index (χ3n) is 2.65. The Morgan fingerprint density at radius 1 is 1.43 bits per heavy atom. The number of sulfonamides is 1. The first-order chi connectivity index (χ1) is 9.77. The maximum absolute atomic E-state index is 13.2. The lowest BCUT2D eigenvalue weighted by Gasteiger charge is -2.13. The van der Waals surface area contributed by atoms with Gasteiger partial charge in [0, 0.05) is 27.2 Å². The van der Waals surface area contributed by atoms with Crippen LogP contribution in [0.4, 0.5) is 10.2 Å². The van der Waals surface area contributed by atoms with Crippen LogP contribution in [0.2, 0.25) is 0 Å². The van der Waals surface area contributed by atoms with E-state index in [-0.39, 0.29) is 23.7 Å². The van der Waals surface area contributed by atoms with Crippen LogP contribution in [0.15, 0.2) is 12.3 Å². The first-order valence-corrected chi connectivity index (χ1v) is 7.96. The third-order valence-corrected chi connectivity index (χ3v) is 4.48. The second-order valence-corrected chi connectivity index (χ2v) is 6.74. The van der Waals surface area contributed by atoms with Crippen molar-refractivity contribution in [2.24, 2.45) is 0 Å². The molecule has 7 nitrogen and oxygen atoms in total. The average molecular weight is 318 g/mol. The fourth-order valence-corrected chi connectivity index (χ4v) is 2.22. The molecular formula is C12H19FN4O3S. The van der Waals surface area contributed by atoms with Crippen LogP contribution in [0.5, 0.6) is 0 Å². The summed E-state index contributed by atoms with van der Waals surface area (Å²) in [6.07, 6.45) is 1.01. The number of aromatic nitrogens is 1.